The van der Waals surface area contributed by atoms with Crippen molar-refractivity contribution >= 4 is 11.8 Å². The van der Waals surface area contributed by atoms with Crippen molar-refractivity contribution < 1.29 is 9.59 Å². The van der Waals surface area contributed by atoms with Gasteiger partial charge in [0.25, 0.3) is 0 Å². The molecule has 2 N–H and O–H groups in total. The minimum atomic E-state index is -0.266. The maximum absolute atomic E-state index is 12.6. The van der Waals surface area contributed by atoms with Crippen molar-refractivity contribution in [2.45, 2.75) is 71.3 Å². The third-order valence-corrected chi connectivity index (χ3v) is 7.39. The number of hydrogen-bond donors (Lipinski definition) is 2. The topological polar surface area (TPSA) is 58.2 Å². The van der Waals surface area contributed by atoms with Gasteiger partial charge in [-0.05, 0) is 80.6 Å². The predicted molar refractivity (Wildman–Crippen MR) is 111 cm³/mol. The molecule has 0 saturated heterocycles. The van der Waals surface area contributed by atoms with Crippen LogP contribution in [0.15, 0.2) is 24.3 Å². The Balaban J connectivity index is 1.30. The number of aryl methyl sites for hydroxylation is 1. The van der Waals surface area contributed by atoms with Crippen LogP contribution < -0.4 is 10.6 Å². The van der Waals surface area contributed by atoms with Gasteiger partial charge in [-0.3, -0.25) is 9.59 Å². The summed E-state index contributed by atoms with van der Waals surface area (Å²) in [5.41, 5.74) is 2.65. The van der Waals surface area contributed by atoms with Crippen LogP contribution in [0.3, 0.4) is 0 Å². The first kappa shape index (κ1) is 19.5. The fourth-order valence-electron chi connectivity index (χ4n) is 6.62. The van der Waals surface area contributed by atoms with E-state index in [9.17, 15) is 9.59 Å². The van der Waals surface area contributed by atoms with E-state index in [1.807, 2.05) is 31.2 Å². The van der Waals surface area contributed by atoms with Crippen molar-refractivity contribution in [3.8, 4) is 0 Å². The molecule has 4 bridgehead atoms. The Hall–Kier alpha value is -1.84. The van der Waals surface area contributed by atoms with Crippen LogP contribution >= 0.6 is 0 Å². The average molecular weight is 383 g/mol. The molecule has 4 aliphatic rings. The van der Waals surface area contributed by atoms with E-state index in [1.165, 1.54) is 51.0 Å². The number of hydrogen-bond acceptors (Lipinski definition) is 2. The second kappa shape index (κ2) is 7.88. The Morgan fingerprint density at radius 2 is 1.61 bits per heavy atom. The van der Waals surface area contributed by atoms with Gasteiger partial charge in [0.2, 0.25) is 11.8 Å². The molecule has 0 radical (unpaired) electrons. The molecule has 0 spiro atoms. The largest absolute Gasteiger partial charge is 0.356 e. The Bertz CT molecular complexity index is 689. The van der Waals surface area contributed by atoms with Gasteiger partial charge in [-0.2, -0.15) is 0 Å². The van der Waals surface area contributed by atoms with E-state index in [2.05, 4.69) is 10.6 Å². The number of carbonyl (C=O) groups excluding carboxylic acids is 2. The van der Waals surface area contributed by atoms with Crippen LogP contribution in [0.1, 0.15) is 75.5 Å². The zero-order valence-corrected chi connectivity index (χ0v) is 17.3. The molecule has 5 rings (SSSR count). The van der Waals surface area contributed by atoms with E-state index < -0.39 is 0 Å². The standard InChI is InChI=1S/C24H34N2O2/c1-16-3-5-21(6-4-16)22(26-17(2)27)12-23(28)25-8-7-24-13-18-9-19(14-24)11-20(10-18)15-24/h3-6,18-20,22H,7-15H2,1-2H3,(H,25,28)(H,26,27). The molecule has 2 amide bonds. The first-order chi connectivity index (χ1) is 13.4. The van der Waals surface area contributed by atoms with Crippen LogP contribution in [0.2, 0.25) is 0 Å². The summed E-state index contributed by atoms with van der Waals surface area (Å²) in [6.07, 6.45) is 9.94. The monoisotopic (exact) mass is 382 g/mol. The fourth-order valence-corrected chi connectivity index (χ4v) is 6.62. The summed E-state index contributed by atoms with van der Waals surface area (Å²) in [7, 11) is 0. The summed E-state index contributed by atoms with van der Waals surface area (Å²) in [4.78, 5) is 24.2. The molecule has 4 fully saturated rings. The lowest BCUT2D eigenvalue weighted by Gasteiger charge is -2.57. The summed E-state index contributed by atoms with van der Waals surface area (Å²) in [6.45, 7) is 4.31. The zero-order chi connectivity index (χ0) is 19.7. The lowest BCUT2D eigenvalue weighted by atomic mass is 9.49. The van der Waals surface area contributed by atoms with Crippen molar-refractivity contribution in [2.24, 2.45) is 23.2 Å². The molecule has 28 heavy (non-hydrogen) atoms. The molecule has 0 heterocycles. The average Bonchev–Trinajstić information content (AvgIpc) is 2.60. The van der Waals surface area contributed by atoms with Gasteiger partial charge in [0.05, 0.1) is 12.5 Å². The summed E-state index contributed by atoms with van der Waals surface area (Å²) in [5.74, 6) is 2.78. The van der Waals surface area contributed by atoms with Gasteiger partial charge in [0.1, 0.15) is 0 Å². The van der Waals surface area contributed by atoms with Crippen LogP contribution in [0, 0.1) is 30.1 Å². The van der Waals surface area contributed by atoms with E-state index in [4.69, 9.17) is 0 Å². The van der Waals surface area contributed by atoms with Crippen LogP contribution in [-0.4, -0.2) is 18.4 Å². The molecule has 4 heteroatoms. The van der Waals surface area contributed by atoms with Gasteiger partial charge in [0, 0.05) is 13.5 Å². The fraction of sp³-hybridized carbons (Fsp3) is 0.667. The van der Waals surface area contributed by atoms with Gasteiger partial charge in [-0.15, -0.1) is 0 Å². The summed E-state index contributed by atoms with van der Waals surface area (Å²) in [6, 6.07) is 7.78. The summed E-state index contributed by atoms with van der Waals surface area (Å²) < 4.78 is 0. The Labute approximate surface area is 168 Å². The van der Waals surface area contributed by atoms with Gasteiger partial charge in [-0.1, -0.05) is 29.8 Å². The SMILES string of the molecule is CC(=O)NC(CC(=O)NCCC12CC3CC(CC(C3)C1)C2)c1ccc(C)cc1. The number of rotatable bonds is 7. The number of carbonyl (C=O) groups is 2. The highest BCUT2D eigenvalue weighted by molar-refractivity contribution is 5.79. The number of amides is 2. The lowest BCUT2D eigenvalue weighted by molar-refractivity contribution is -0.123. The summed E-state index contributed by atoms with van der Waals surface area (Å²) in [5, 5.41) is 6.08. The Morgan fingerprint density at radius 3 is 2.14 bits per heavy atom. The maximum Gasteiger partial charge on any atom is 0.222 e. The molecule has 152 valence electrons. The smallest absolute Gasteiger partial charge is 0.222 e. The summed E-state index contributed by atoms with van der Waals surface area (Å²) >= 11 is 0. The highest BCUT2D eigenvalue weighted by Crippen LogP contribution is 2.61. The Morgan fingerprint density at radius 1 is 1.04 bits per heavy atom. The van der Waals surface area contributed by atoms with E-state index in [-0.39, 0.29) is 17.9 Å². The quantitative estimate of drug-likeness (QED) is 0.739. The van der Waals surface area contributed by atoms with Crippen molar-refractivity contribution in [3.63, 3.8) is 0 Å². The molecule has 1 aromatic rings. The molecular formula is C24H34N2O2. The van der Waals surface area contributed by atoms with Gasteiger partial charge >= 0.3 is 0 Å². The molecule has 0 aliphatic heterocycles. The van der Waals surface area contributed by atoms with Crippen molar-refractivity contribution in [2.75, 3.05) is 6.54 Å². The molecule has 1 unspecified atom stereocenters. The van der Waals surface area contributed by atoms with Gasteiger partial charge in [-0.25, -0.2) is 0 Å². The Kier molecular flexibility index (Phi) is 5.48. The van der Waals surface area contributed by atoms with Gasteiger partial charge < -0.3 is 10.6 Å². The normalized spacial score (nSPS) is 31.4. The molecule has 1 atom stereocenters. The molecular weight excluding hydrogens is 348 g/mol. The molecule has 4 saturated carbocycles. The predicted octanol–water partition coefficient (Wildman–Crippen LogP) is 4.29. The highest BCUT2D eigenvalue weighted by atomic mass is 16.2. The maximum atomic E-state index is 12.6. The van der Waals surface area contributed by atoms with E-state index in [0.29, 0.717) is 11.8 Å². The molecule has 1 aromatic carbocycles. The highest BCUT2D eigenvalue weighted by Gasteiger charge is 2.50. The van der Waals surface area contributed by atoms with Crippen LogP contribution in [-0.2, 0) is 9.59 Å². The van der Waals surface area contributed by atoms with Crippen molar-refractivity contribution in [1.82, 2.24) is 10.6 Å². The van der Waals surface area contributed by atoms with Crippen molar-refractivity contribution in [3.05, 3.63) is 35.4 Å². The minimum Gasteiger partial charge on any atom is -0.356 e. The van der Waals surface area contributed by atoms with Crippen LogP contribution in [0.25, 0.3) is 0 Å². The third-order valence-electron chi connectivity index (χ3n) is 7.39. The van der Waals surface area contributed by atoms with Gasteiger partial charge in [0.15, 0.2) is 0 Å². The van der Waals surface area contributed by atoms with E-state index >= 15 is 0 Å². The van der Waals surface area contributed by atoms with Crippen LogP contribution in [0.4, 0.5) is 0 Å². The zero-order valence-electron chi connectivity index (χ0n) is 17.3. The lowest BCUT2D eigenvalue weighted by Crippen LogP contribution is -2.47. The second-order valence-corrected chi connectivity index (χ2v) is 9.89. The first-order valence-electron chi connectivity index (χ1n) is 11.0. The third kappa shape index (κ3) is 4.42. The molecule has 4 nitrogen and oxygen atoms in total. The second-order valence-electron chi connectivity index (χ2n) is 9.89. The van der Waals surface area contributed by atoms with Crippen molar-refractivity contribution in [1.29, 1.82) is 0 Å². The van der Waals surface area contributed by atoms with E-state index in [1.54, 1.807) is 0 Å². The number of nitrogens with one attached hydrogen (secondary N) is 2. The molecule has 4 aliphatic carbocycles. The van der Waals surface area contributed by atoms with E-state index in [0.717, 1.165) is 36.3 Å². The minimum absolute atomic E-state index is 0.0315. The first-order valence-corrected chi connectivity index (χ1v) is 11.0. The molecule has 0 aromatic heterocycles. The number of benzene rings is 1. The van der Waals surface area contributed by atoms with Crippen LogP contribution in [0.5, 0.6) is 0 Å².